The monoisotopic (exact) mass is 435 g/mol. The molecule has 154 valence electrons. The fourth-order valence-corrected chi connectivity index (χ4v) is 4.45. The van der Waals surface area contributed by atoms with Crippen molar-refractivity contribution in [3.05, 3.63) is 50.7 Å². The molecule has 1 fully saturated rings. The Morgan fingerprint density at radius 1 is 1.24 bits per heavy atom. The summed E-state index contributed by atoms with van der Waals surface area (Å²) in [7, 11) is 2.89. The van der Waals surface area contributed by atoms with Crippen LogP contribution in [-0.4, -0.2) is 42.5 Å². The number of ketones is 1. The van der Waals surface area contributed by atoms with Gasteiger partial charge in [0.25, 0.3) is 11.7 Å². The first-order chi connectivity index (χ1) is 13.9. The zero-order valence-electron chi connectivity index (χ0n) is 16.4. The number of amides is 1. The van der Waals surface area contributed by atoms with E-state index in [1.807, 2.05) is 24.4 Å². The van der Waals surface area contributed by atoms with E-state index in [0.29, 0.717) is 17.3 Å². The second-order valence-electron chi connectivity index (χ2n) is 6.55. The SMILES string of the molecule is CCCCN1C(=O)C(=O)/C(=C(/O)c2cc(OC)c(Cl)cc2OC)C1c1cccs1. The number of aliphatic hydroxyl groups excluding tert-OH is 1. The highest BCUT2D eigenvalue weighted by Gasteiger charge is 2.46. The molecule has 8 heteroatoms. The summed E-state index contributed by atoms with van der Waals surface area (Å²) in [4.78, 5) is 28.0. The highest BCUT2D eigenvalue weighted by Crippen LogP contribution is 2.44. The molecule has 0 saturated carbocycles. The number of nitrogens with zero attached hydrogens (tertiary/aromatic N) is 1. The zero-order valence-corrected chi connectivity index (χ0v) is 18.0. The second kappa shape index (κ2) is 8.88. The Bertz CT molecular complexity index is 954. The van der Waals surface area contributed by atoms with Gasteiger partial charge in [-0.05, 0) is 23.9 Å². The molecule has 1 aromatic carbocycles. The molecule has 0 aliphatic carbocycles. The first-order valence-electron chi connectivity index (χ1n) is 9.18. The highest BCUT2D eigenvalue weighted by molar-refractivity contribution is 7.10. The lowest BCUT2D eigenvalue weighted by Gasteiger charge is -2.24. The predicted molar refractivity (Wildman–Crippen MR) is 113 cm³/mol. The van der Waals surface area contributed by atoms with E-state index >= 15 is 0 Å². The lowest BCUT2D eigenvalue weighted by Crippen LogP contribution is -2.30. The number of Topliss-reactive ketones (excluding diaryl/α,β-unsaturated/α-hetero) is 1. The molecular formula is C21H22ClNO5S. The number of hydrogen-bond acceptors (Lipinski definition) is 6. The minimum absolute atomic E-state index is 0.0382. The number of benzene rings is 1. The third-order valence-corrected chi connectivity index (χ3v) is 6.05. The molecule has 0 bridgehead atoms. The number of likely N-dealkylation sites (tertiary alicyclic amines) is 1. The summed E-state index contributed by atoms with van der Waals surface area (Å²) < 4.78 is 10.6. The third-order valence-electron chi connectivity index (χ3n) is 4.83. The molecule has 1 N–H and O–H groups in total. The Kier molecular flexibility index (Phi) is 6.49. The average Bonchev–Trinajstić information content (AvgIpc) is 3.33. The van der Waals surface area contributed by atoms with Gasteiger partial charge in [-0.2, -0.15) is 0 Å². The van der Waals surface area contributed by atoms with Crippen molar-refractivity contribution in [1.82, 2.24) is 4.90 Å². The van der Waals surface area contributed by atoms with Crippen LogP contribution in [0.5, 0.6) is 11.5 Å². The number of unbranched alkanes of at least 4 members (excludes halogenated alkanes) is 1. The summed E-state index contributed by atoms with van der Waals surface area (Å²) in [6.07, 6.45) is 1.63. The summed E-state index contributed by atoms with van der Waals surface area (Å²) in [5.41, 5.74) is 0.278. The molecule has 1 atom stereocenters. The normalized spacial score (nSPS) is 18.3. The molecule has 29 heavy (non-hydrogen) atoms. The van der Waals surface area contributed by atoms with Gasteiger partial charge in [0.2, 0.25) is 0 Å². The van der Waals surface area contributed by atoms with Gasteiger partial charge in [-0.3, -0.25) is 9.59 Å². The molecule has 2 aromatic rings. The van der Waals surface area contributed by atoms with Crippen molar-refractivity contribution in [2.45, 2.75) is 25.8 Å². The number of halogens is 1. The summed E-state index contributed by atoms with van der Waals surface area (Å²) in [5, 5.41) is 13.3. The Morgan fingerprint density at radius 3 is 2.55 bits per heavy atom. The molecule has 2 heterocycles. The molecule has 1 unspecified atom stereocenters. The largest absolute Gasteiger partial charge is 0.507 e. The maximum Gasteiger partial charge on any atom is 0.295 e. The van der Waals surface area contributed by atoms with Crippen LogP contribution in [0.4, 0.5) is 0 Å². The van der Waals surface area contributed by atoms with Gasteiger partial charge in [0.05, 0.1) is 36.4 Å². The zero-order chi connectivity index (χ0) is 21.1. The summed E-state index contributed by atoms with van der Waals surface area (Å²) in [6, 6.07) is 6.07. The Morgan fingerprint density at radius 2 is 1.97 bits per heavy atom. The first kappa shape index (κ1) is 21.2. The molecule has 6 nitrogen and oxygen atoms in total. The van der Waals surface area contributed by atoms with Crippen LogP contribution >= 0.6 is 22.9 Å². The lowest BCUT2D eigenvalue weighted by atomic mass is 9.99. The second-order valence-corrected chi connectivity index (χ2v) is 7.93. The highest BCUT2D eigenvalue weighted by atomic mass is 35.5. The van der Waals surface area contributed by atoms with E-state index in [-0.39, 0.29) is 22.6 Å². The van der Waals surface area contributed by atoms with Crippen molar-refractivity contribution in [3.63, 3.8) is 0 Å². The maximum absolute atomic E-state index is 12.9. The van der Waals surface area contributed by atoms with Gasteiger partial charge in [-0.25, -0.2) is 0 Å². The predicted octanol–water partition coefficient (Wildman–Crippen LogP) is 4.64. The van der Waals surface area contributed by atoms with Crippen molar-refractivity contribution in [1.29, 1.82) is 0 Å². The van der Waals surface area contributed by atoms with Crippen LogP contribution in [0.2, 0.25) is 5.02 Å². The number of thiophene rings is 1. The minimum Gasteiger partial charge on any atom is -0.507 e. The van der Waals surface area contributed by atoms with E-state index < -0.39 is 17.7 Å². The molecular weight excluding hydrogens is 414 g/mol. The number of rotatable bonds is 7. The number of carbonyl (C=O) groups excluding carboxylic acids is 2. The van der Waals surface area contributed by atoms with Gasteiger partial charge in [0.1, 0.15) is 17.3 Å². The molecule has 1 saturated heterocycles. The summed E-state index contributed by atoms with van der Waals surface area (Å²) in [5.74, 6) is -1.04. The van der Waals surface area contributed by atoms with E-state index in [1.54, 1.807) is 0 Å². The van der Waals surface area contributed by atoms with Crippen LogP contribution in [0.15, 0.2) is 35.2 Å². The fourth-order valence-electron chi connectivity index (χ4n) is 3.37. The maximum atomic E-state index is 12.9. The summed E-state index contributed by atoms with van der Waals surface area (Å²) >= 11 is 7.59. The van der Waals surface area contributed by atoms with Crippen molar-refractivity contribution in [3.8, 4) is 11.5 Å². The first-order valence-corrected chi connectivity index (χ1v) is 10.4. The third kappa shape index (κ3) is 3.84. The van der Waals surface area contributed by atoms with Gasteiger partial charge < -0.3 is 19.5 Å². The van der Waals surface area contributed by atoms with Crippen molar-refractivity contribution in [2.24, 2.45) is 0 Å². The van der Waals surface area contributed by atoms with E-state index in [4.69, 9.17) is 21.1 Å². The van der Waals surface area contributed by atoms with E-state index in [9.17, 15) is 14.7 Å². The van der Waals surface area contributed by atoms with Gasteiger partial charge in [-0.15, -0.1) is 11.3 Å². The van der Waals surface area contributed by atoms with E-state index in [1.165, 1.54) is 42.6 Å². The van der Waals surface area contributed by atoms with Gasteiger partial charge in [0, 0.05) is 17.5 Å². The van der Waals surface area contributed by atoms with Crippen LogP contribution in [-0.2, 0) is 9.59 Å². The molecule has 1 amide bonds. The standard InChI is InChI=1S/C21H22ClNO5S/c1-4-5-8-23-18(16-7-6-9-29-16)17(20(25)21(23)26)19(24)12-10-15(28-3)13(22)11-14(12)27-2/h6-7,9-11,18,24H,4-5,8H2,1-3H3/b19-17+. The van der Waals surface area contributed by atoms with E-state index in [0.717, 1.165) is 17.7 Å². The van der Waals surface area contributed by atoms with Gasteiger partial charge in [0.15, 0.2) is 0 Å². The number of carbonyl (C=O) groups is 2. The molecule has 3 rings (SSSR count). The number of methoxy groups -OCH3 is 2. The Hall–Kier alpha value is -2.51. The Balaban J connectivity index is 2.21. The van der Waals surface area contributed by atoms with Gasteiger partial charge >= 0.3 is 0 Å². The molecule has 1 aliphatic heterocycles. The average molecular weight is 436 g/mol. The van der Waals surface area contributed by atoms with Crippen LogP contribution in [0.25, 0.3) is 5.76 Å². The minimum atomic E-state index is -0.715. The fraction of sp³-hybridized carbons (Fsp3) is 0.333. The number of aliphatic hydroxyl groups is 1. The van der Waals surface area contributed by atoms with Crippen LogP contribution in [0.3, 0.4) is 0 Å². The van der Waals surface area contributed by atoms with Crippen molar-refractivity contribution in [2.75, 3.05) is 20.8 Å². The van der Waals surface area contributed by atoms with Crippen molar-refractivity contribution < 1.29 is 24.2 Å². The topological polar surface area (TPSA) is 76.1 Å². The van der Waals surface area contributed by atoms with Crippen LogP contribution < -0.4 is 9.47 Å². The Labute approximate surface area is 178 Å². The van der Waals surface area contributed by atoms with Crippen LogP contribution in [0.1, 0.15) is 36.2 Å². The smallest absolute Gasteiger partial charge is 0.295 e. The molecule has 0 spiro atoms. The quantitative estimate of drug-likeness (QED) is 0.389. The molecule has 1 aromatic heterocycles. The number of ether oxygens (including phenoxy) is 2. The number of hydrogen-bond donors (Lipinski definition) is 1. The summed E-state index contributed by atoms with van der Waals surface area (Å²) in [6.45, 7) is 2.45. The molecule has 1 aliphatic rings. The van der Waals surface area contributed by atoms with Crippen LogP contribution in [0, 0.1) is 0 Å². The lowest BCUT2D eigenvalue weighted by molar-refractivity contribution is -0.139. The van der Waals surface area contributed by atoms with E-state index in [2.05, 4.69) is 0 Å². The van der Waals surface area contributed by atoms with Crippen molar-refractivity contribution >= 4 is 40.4 Å². The van der Waals surface area contributed by atoms with Gasteiger partial charge in [-0.1, -0.05) is 31.0 Å². The molecule has 0 radical (unpaired) electrons.